The first-order chi connectivity index (χ1) is 10.1. The van der Waals surface area contributed by atoms with Crippen molar-refractivity contribution < 1.29 is 9.90 Å². The lowest BCUT2D eigenvalue weighted by Gasteiger charge is -2.37. The minimum absolute atomic E-state index is 0.174. The summed E-state index contributed by atoms with van der Waals surface area (Å²) < 4.78 is 1.68. The summed E-state index contributed by atoms with van der Waals surface area (Å²) in [4.78, 5) is 20.7. The average molecular weight is 286 g/mol. The molecule has 2 aromatic heterocycles. The van der Waals surface area contributed by atoms with E-state index in [9.17, 15) is 9.90 Å². The number of hydrogen-bond acceptors (Lipinski definition) is 4. The molecule has 2 aromatic rings. The molecule has 21 heavy (non-hydrogen) atoms. The molecule has 1 aliphatic rings. The summed E-state index contributed by atoms with van der Waals surface area (Å²) >= 11 is 0. The van der Waals surface area contributed by atoms with Crippen LogP contribution in [0.5, 0.6) is 0 Å². The molecule has 1 amide bonds. The molecule has 0 unspecified atom stereocenters. The lowest BCUT2D eigenvalue weighted by molar-refractivity contribution is 0.0227. The molecular formula is C15H18N4O2. The Kier molecular flexibility index (Phi) is 3.70. The van der Waals surface area contributed by atoms with E-state index in [-0.39, 0.29) is 24.0 Å². The summed E-state index contributed by atoms with van der Waals surface area (Å²) in [6, 6.07) is 5.47. The van der Waals surface area contributed by atoms with Crippen molar-refractivity contribution in [1.29, 1.82) is 0 Å². The minimum Gasteiger partial charge on any atom is -0.393 e. The number of carbonyl (C=O) groups is 1. The maximum atomic E-state index is 12.4. The highest BCUT2D eigenvalue weighted by atomic mass is 16.3. The van der Waals surface area contributed by atoms with Gasteiger partial charge in [0.25, 0.3) is 5.91 Å². The summed E-state index contributed by atoms with van der Waals surface area (Å²) in [5.74, 6) is 0.0409. The fraction of sp³-hybridized carbons (Fsp3) is 0.400. The molecule has 1 fully saturated rings. The minimum atomic E-state index is -0.269. The maximum Gasteiger partial charge on any atom is 0.270 e. The average Bonchev–Trinajstić information content (AvgIpc) is 2.89. The quantitative estimate of drug-likeness (QED) is 0.880. The van der Waals surface area contributed by atoms with Gasteiger partial charge in [-0.1, -0.05) is 6.07 Å². The molecule has 0 aromatic carbocycles. The Morgan fingerprint density at radius 2 is 2.29 bits per heavy atom. The van der Waals surface area contributed by atoms with Gasteiger partial charge in [-0.15, -0.1) is 0 Å². The van der Waals surface area contributed by atoms with E-state index in [1.165, 1.54) is 0 Å². The first-order valence-electron chi connectivity index (χ1n) is 7.01. The van der Waals surface area contributed by atoms with Crippen LogP contribution in [0.3, 0.4) is 0 Å². The van der Waals surface area contributed by atoms with Gasteiger partial charge in [0.1, 0.15) is 5.69 Å². The van der Waals surface area contributed by atoms with Crippen molar-refractivity contribution in [3.63, 3.8) is 0 Å². The van der Waals surface area contributed by atoms with E-state index in [0.29, 0.717) is 18.5 Å². The van der Waals surface area contributed by atoms with Crippen LogP contribution in [0.4, 0.5) is 0 Å². The van der Waals surface area contributed by atoms with E-state index in [4.69, 9.17) is 0 Å². The number of aliphatic hydroxyl groups is 1. The largest absolute Gasteiger partial charge is 0.393 e. The third-order valence-corrected chi connectivity index (χ3v) is 3.96. The van der Waals surface area contributed by atoms with Gasteiger partial charge in [0.2, 0.25) is 0 Å². The van der Waals surface area contributed by atoms with Crippen molar-refractivity contribution in [3.8, 4) is 0 Å². The Hall–Kier alpha value is -2.21. The lowest BCUT2D eigenvalue weighted by Crippen LogP contribution is -2.42. The number of hydrogen-bond donors (Lipinski definition) is 2. The molecule has 6 heteroatoms. The molecule has 1 saturated carbocycles. The SMILES string of the molecule is Cn1cncc1C(=O)N[C@H](c1ccccn1)C1CC(O)C1. The first kappa shape index (κ1) is 13.8. The lowest BCUT2D eigenvalue weighted by atomic mass is 9.76. The van der Waals surface area contributed by atoms with Crippen LogP contribution < -0.4 is 5.32 Å². The van der Waals surface area contributed by atoms with Gasteiger partial charge in [-0.2, -0.15) is 0 Å². The van der Waals surface area contributed by atoms with E-state index in [0.717, 1.165) is 5.69 Å². The van der Waals surface area contributed by atoms with Crippen molar-refractivity contribution in [1.82, 2.24) is 19.9 Å². The number of nitrogens with one attached hydrogen (secondary N) is 1. The standard InChI is InChI=1S/C15H18N4O2/c1-19-9-16-8-13(19)15(21)18-14(10-6-11(20)7-10)12-4-2-3-5-17-12/h2-5,8-11,14,20H,6-7H2,1H3,(H,18,21)/t10?,11?,14-/m0/s1. The molecule has 0 saturated heterocycles. The molecule has 2 heterocycles. The van der Waals surface area contributed by atoms with Crippen molar-refractivity contribution in [3.05, 3.63) is 48.3 Å². The molecular weight excluding hydrogens is 268 g/mol. The number of aryl methyl sites for hydroxylation is 1. The van der Waals surface area contributed by atoms with Crippen LogP contribution in [0, 0.1) is 5.92 Å². The second-order valence-corrected chi connectivity index (χ2v) is 5.48. The Morgan fingerprint density at radius 3 is 2.86 bits per heavy atom. The third-order valence-electron chi connectivity index (χ3n) is 3.96. The number of aliphatic hydroxyl groups excluding tert-OH is 1. The summed E-state index contributed by atoms with van der Waals surface area (Å²) in [6.45, 7) is 0. The number of imidazole rings is 1. The monoisotopic (exact) mass is 286 g/mol. The third kappa shape index (κ3) is 2.80. The van der Waals surface area contributed by atoms with Gasteiger partial charge in [0.15, 0.2) is 0 Å². The van der Waals surface area contributed by atoms with E-state index >= 15 is 0 Å². The van der Waals surface area contributed by atoms with Crippen LogP contribution in [0.2, 0.25) is 0 Å². The molecule has 0 bridgehead atoms. The topological polar surface area (TPSA) is 80.0 Å². The zero-order valence-corrected chi connectivity index (χ0v) is 11.8. The second-order valence-electron chi connectivity index (χ2n) is 5.48. The number of pyridine rings is 1. The van der Waals surface area contributed by atoms with Gasteiger partial charge in [-0.3, -0.25) is 9.78 Å². The van der Waals surface area contributed by atoms with Gasteiger partial charge in [0.05, 0.1) is 30.4 Å². The fourth-order valence-corrected chi connectivity index (χ4v) is 2.69. The number of amides is 1. The van der Waals surface area contributed by atoms with Gasteiger partial charge in [-0.05, 0) is 30.9 Å². The number of aromatic nitrogens is 3. The van der Waals surface area contributed by atoms with Crippen LogP contribution in [0.15, 0.2) is 36.9 Å². The van der Waals surface area contributed by atoms with Crippen LogP contribution in [0.1, 0.15) is 35.1 Å². The van der Waals surface area contributed by atoms with Gasteiger partial charge in [0, 0.05) is 13.2 Å². The Bertz CT molecular complexity index is 620. The normalized spacial score (nSPS) is 22.4. The summed E-state index contributed by atoms with van der Waals surface area (Å²) in [6.07, 6.45) is 5.96. The Labute approximate surface area is 122 Å². The zero-order valence-electron chi connectivity index (χ0n) is 11.8. The maximum absolute atomic E-state index is 12.4. The number of rotatable bonds is 4. The molecule has 3 rings (SSSR count). The molecule has 2 N–H and O–H groups in total. The van der Waals surface area contributed by atoms with Crippen molar-refractivity contribution >= 4 is 5.91 Å². The van der Waals surface area contributed by atoms with Crippen molar-refractivity contribution in [2.24, 2.45) is 13.0 Å². The molecule has 1 atom stereocenters. The fourth-order valence-electron chi connectivity index (χ4n) is 2.69. The van der Waals surface area contributed by atoms with Gasteiger partial charge >= 0.3 is 0 Å². The van der Waals surface area contributed by atoms with E-state index in [2.05, 4.69) is 15.3 Å². The molecule has 6 nitrogen and oxygen atoms in total. The number of nitrogens with zero attached hydrogens (tertiary/aromatic N) is 3. The highest BCUT2D eigenvalue weighted by Crippen LogP contribution is 2.37. The van der Waals surface area contributed by atoms with Crippen LogP contribution in [0.25, 0.3) is 0 Å². The predicted octanol–water partition coefficient (Wildman–Crippen LogP) is 1.06. The van der Waals surface area contributed by atoms with Gasteiger partial charge < -0.3 is 15.0 Å². The molecule has 0 aliphatic heterocycles. The van der Waals surface area contributed by atoms with E-state index in [1.807, 2.05) is 18.2 Å². The molecule has 110 valence electrons. The van der Waals surface area contributed by atoms with Crippen LogP contribution >= 0.6 is 0 Å². The van der Waals surface area contributed by atoms with Crippen molar-refractivity contribution in [2.45, 2.75) is 25.0 Å². The zero-order chi connectivity index (χ0) is 14.8. The van der Waals surface area contributed by atoms with Crippen LogP contribution in [-0.4, -0.2) is 31.7 Å². The van der Waals surface area contributed by atoms with E-state index < -0.39 is 0 Å². The summed E-state index contributed by atoms with van der Waals surface area (Å²) in [5, 5.41) is 12.6. The highest BCUT2D eigenvalue weighted by Gasteiger charge is 2.36. The molecule has 0 spiro atoms. The predicted molar refractivity (Wildman–Crippen MR) is 76.4 cm³/mol. The smallest absolute Gasteiger partial charge is 0.270 e. The Morgan fingerprint density at radius 1 is 1.48 bits per heavy atom. The van der Waals surface area contributed by atoms with Crippen molar-refractivity contribution in [2.75, 3.05) is 0 Å². The Balaban J connectivity index is 1.80. The van der Waals surface area contributed by atoms with Gasteiger partial charge in [-0.25, -0.2) is 4.98 Å². The molecule has 0 radical (unpaired) electrons. The highest BCUT2D eigenvalue weighted by molar-refractivity contribution is 5.92. The first-order valence-corrected chi connectivity index (χ1v) is 7.01. The van der Waals surface area contributed by atoms with E-state index in [1.54, 1.807) is 30.3 Å². The summed E-state index contributed by atoms with van der Waals surface area (Å²) in [7, 11) is 1.78. The second kappa shape index (κ2) is 5.65. The summed E-state index contributed by atoms with van der Waals surface area (Å²) in [5.41, 5.74) is 1.33. The number of carbonyl (C=O) groups excluding carboxylic acids is 1. The van der Waals surface area contributed by atoms with Crippen LogP contribution in [-0.2, 0) is 7.05 Å². The molecule has 1 aliphatic carbocycles.